The Labute approximate surface area is 148 Å². The van der Waals surface area contributed by atoms with Crippen molar-refractivity contribution in [2.24, 2.45) is 0 Å². The Bertz CT molecular complexity index is 582. The molecule has 2 N–H and O–H groups in total. The number of ether oxygens (including phenoxy) is 1. The topological polar surface area (TPSA) is 70.7 Å². The Balaban J connectivity index is 1.41. The van der Waals surface area contributed by atoms with Crippen LogP contribution in [0.1, 0.15) is 44.1 Å². The van der Waals surface area contributed by atoms with Crippen LogP contribution in [0.4, 0.5) is 4.79 Å². The van der Waals surface area contributed by atoms with E-state index in [2.05, 4.69) is 10.6 Å². The van der Waals surface area contributed by atoms with Crippen molar-refractivity contribution in [2.45, 2.75) is 51.2 Å². The van der Waals surface area contributed by atoms with Crippen molar-refractivity contribution < 1.29 is 14.3 Å². The van der Waals surface area contributed by atoms with Crippen molar-refractivity contribution in [3.8, 4) is 5.75 Å². The Hall–Kier alpha value is -2.24. The summed E-state index contributed by atoms with van der Waals surface area (Å²) in [5, 5.41) is 5.61. The normalized spacial score (nSPS) is 18.6. The number of urea groups is 1. The molecule has 2 aliphatic rings. The Morgan fingerprint density at radius 1 is 1.16 bits per heavy atom. The summed E-state index contributed by atoms with van der Waals surface area (Å²) in [4.78, 5) is 25.2. The molecule has 25 heavy (non-hydrogen) atoms. The highest BCUT2D eigenvalue weighted by molar-refractivity contribution is 5.84. The summed E-state index contributed by atoms with van der Waals surface area (Å²) in [5.74, 6) is 0.756. The van der Waals surface area contributed by atoms with Gasteiger partial charge in [-0.1, -0.05) is 18.6 Å². The lowest BCUT2D eigenvalue weighted by Gasteiger charge is -2.26. The number of amides is 3. The molecule has 136 valence electrons. The molecule has 0 aromatic heterocycles. The monoisotopic (exact) mass is 345 g/mol. The number of rotatable bonds is 6. The summed E-state index contributed by atoms with van der Waals surface area (Å²) in [5.41, 5.74) is 1.02. The zero-order valence-corrected chi connectivity index (χ0v) is 14.6. The van der Waals surface area contributed by atoms with E-state index in [0.717, 1.165) is 30.6 Å². The number of nitrogens with one attached hydrogen (secondary N) is 2. The van der Waals surface area contributed by atoms with Crippen molar-refractivity contribution in [1.82, 2.24) is 15.5 Å². The quantitative estimate of drug-likeness (QED) is 0.832. The van der Waals surface area contributed by atoms with Crippen LogP contribution in [0.25, 0.3) is 0 Å². The summed E-state index contributed by atoms with van der Waals surface area (Å²) in [6.07, 6.45) is 7.33. The van der Waals surface area contributed by atoms with Gasteiger partial charge in [0.15, 0.2) is 0 Å². The highest BCUT2D eigenvalue weighted by atomic mass is 16.5. The average Bonchev–Trinajstić information content (AvgIpc) is 2.64. The third kappa shape index (κ3) is 5.37. The van der Waals surface area contributed by atoms with Crippen LogP contribution in [0.3, 0.4) is 0 Å². The van der Waals surface area contributed by atoms with Crippen LogP contribution in [0, 0.1) is 0 Å². The fourth-order valence-corrected chi connectivity index (χ4v) is 3.32. The molecule has 6 nitrogen and oxygen atoms in total. The second kappa shape index (κ2) is 8.74. The van der Waals surface area contributed by atoms with E-state index in [1.165, 1.54) is 19.3 Å². The maximum atomic E-state index is 12.0. The number of hydrogen-bond donors (Lipinski definition) is 2. The lowest BCUT2D eigenvalue weighted by Crippen LogP contribution is -2.50. The van der Waals surface area contributed by atoms with E-state index < -0.39 is 0 Å². The predicted octanol–water partition coefficient (Wildman–Crippen LogP) is 2.43. The fourth-order valence-electron chi connectivity index (χ4n) is 3.32. The summed E-state index contributed by atoms with van der Waals surface area (Å²) < 4.78 is 6.01. The van der Waals surface area contributed by atoms with E-state index in [1.54, 1.807) is 4.90 Å². The van der Waals surface area contributed by atoms with Crippen LogP contribution in [-0.4, -0.2) is 42.6 Å². The zero-order valence-electron chi connectivity index (χ0n) is 14.6. The Morgan fingerprint density at radius 2 is 1.92 bits per heavy atom. The molecular formula is C19H27N3O3. The van der Waals surface area contributed by atoms with E-state index in [0.29, 0.717) is 25.7 Å². The number of nitrogens with zero attached hydrogens (tertiary/aromatic N) is 1. The smallest absolute Gasteiger partial charge is 0.317 e. The van der Waals surface area contributed by atoms with E-state index >= 15 is 0 Å². The van der Waals surface area contributed by atoms with Gasteiger partial charge in [0, 0.05) is 19.6 Å². The van der Waals surface area contributed by atoms with E-state index in [9.17, 15) is 9.59 Å². The summed E-state index contributed by atoms with van der Waals surface area (Å²) in [6.45, 7) is 1.88. The highest BCUT2D eigenvalue weighted by Gasteiger charge is 2.19. The van der Waals surface area contributed by atoms with Crippen LogP contribution < -0.4 is 15.4 Å². The van der Waals surface area contributed by atoms with Crippen molar-refractivity contribution in [1.29, 1.82) is 0 Å². The second-order valence-electron chi connectivity index (χ2n) is 6.81. The number of benzene rings is 1. The average molecular weight is 345 g/mol. The first-order valence-corrected chi connectivity index (χ1v) is 9.26. The molecule has 1 aromatic carbocycles. The van der Waals surface area contributed by atoms with Crippen LogP contribution in [0.2, 0.25) is 0 Å². The standard InChI is InChI=1S/C19H27N3O3/c23-18(14-22-12-4-11-20-19(22)24)21-13-15-7-9-17(10-8-15)25-16-5-2-1-3-6-16/h7-10,16H,1-6,11-14H2,(H,20,24)(H,21,23). The molecule has 1 aliphatic carbocycles. The lowest BCUT2D eigenvalue weighted by atomic mass is 9.98. The van der Waals surface area contributed by atoms with Crippen molar-refractivity contribution >= 4 is 11.9 Å². The number of carbonyl (C=O) groups is 2. The highest BCUT2D eigenvalue weighted by Crippen LogP contribution is 2.23. The molecule has 0 bridgehead atoms. The van der Waals surface area contributed by atoms with Gasteiger partial charge in [-0.2, -0.15) is 0 Å². The minimum absolute atomic E-state index is 0.106. The van der Waals surface area contributed by atoms with Gasteiger partial charge in [0.25, 0.3) is 0 Å². The molecule has 1 saturated heterocycles. The molecule has 0 atom stereocenters. The predicted molar refractivity (Wildman–Crippen MR) is 95.4 cm³/mol. The van der Waals surface area contributed by atoms with Gasteiger partial charge in [0.05, 0.1) is 6.10 Å². The van der Waals surface area contributed by atoms with Gasteiger partial charge < -0.3 is 20.3 Å². The molecule has 0 unspecified atom stereocenters. The summed E-state index contributed by atoms with van der Waals surface area (Å²) in [6, 6.07) is 7.73. The van der Waals surface area contributed by atoms with Crippen LogP contribution in [-0.2, 0) is 11.3 Å². The first-order valence-electron chi connectivity index (χ1n) is 9.26. The van der Waals surface area contributed by atoms with Gasteiger partial charge in [-0.3, -0.25) is 4.79 Å². The minimum Gasteiger partial charge on any atom is -0.490 e. The van der Waals surface area contributed by atoms with Crippen molar-refractivity contribution in [2.75, 3.05) is 19.6 Å². The van der Waals surface area contributed by atoms with Crippen LogP contribution >= 0.6 is 0 Å². The molecule has 1 heterocycles. The van der Waals surface area contributed by atoms with E-state index in [4.69, 9.17) is 4.74 Å². The number of hydrogen-bond acceptors (Lipinski definition) is 3. The SMILES string of the molecule is O=C(CN1CCCNC1=O)NCc1ccc(OC2CCCCC2)cc1. The van der Waals surface area contributed by atoms with Crippen molar-refractivity contribution in [3.63, 3.8) is 0 Å². The molecule has 0 radical (unpaired) electrons. The lowest BCUT2D eigenvalue weighted by molar-refractivity contribution is -0.121. The van der Waals surface area contributed by atoms with Crippen LogP contribution in [0.5, 0.6) is 5.75 Å². The first-order chi connectivity index (χ1) is 12.2. The third-order valence-electron chi connectivity index (χ3n) is 4.77. The van der Waals surface area contributed by atoms with E-state index in [1.807, 2.05) is 24.3 Å². The van der Waals surface area contributed by atoms with Crippen LogP contribution in [0.15, 0.2) is 24.3 Å². The Morgan fingerprint density at radius 3 is 2.64 bits per heavy atom. The molecule has 3 amide bonds. The molecule has 6 heteroatoms. The summed E-state index contributed by atoms with van der Waals surface area (Å²) in [7, 11) is 0. The molecule has 2 fully saturated rings. The third-order valence-corrected chi connectivity index (χ3v) is 4.77. The van der Waals surface area contributed by atoms with Gasteiger partial charge in [0.1, 0.15) is 12.3 Å². The first kappa shape index (κ1) is 17.6. The molecule has 1 saturated carbocycles. The molecule has 1 aliphatic heterocycles. The van der Waals surface area contributed by atoms with Gasteiger partial charge in [0.2, 0.25) is 5.91 Å². The maximum absolute atomic E-state index is 12.0. The molecule has 1 aromatic rings. The number of carbonyl (C=O) groups excluding carboxylic acids is 2. The molecule has 0 spiro atoms. The van der Waals surface area contributed by atoms with Gasteiger partial charge in [-0.25, -0.2) is 4.79 Å². The maximum Gasteiger partial charge on any atom is 0.317 e. The second-order valence-corrected chi connectivity index (χ2v) is 6.81. The molecular weight excluding hydrogens is 318 g/mol. The Kier molecular flexibility index (Phi) is 6.14. The van der Waals surface area contributed by atoms with Crippen molar-refractivity contribution in [3.05, 3.63) is 29.8 Å². The largest absolute Gasteiger partial charge is 0.490 e. The van der Waals surface area contributed by atoms with Gasteiger partial charge in [-0.15, -0.1) is 0 Å². The fraction of sp³-hybridized carbons (Fsp3) is 0.579. The zero-order chi connectivity index (χ0) is 17.5. The summed E-state index contributed by atoms with van der Waals surface area (Å²) >= 11 is 0. The minimum atomic E-state index is -0.161. The molecule has 3 rings (SSSR count). The van der Waals surface area contributed by atoms with E-state index in [-0.39, 0.29) is 18.5 Å². The van der Waals surface area contributed by atoms with Gasteiger partial charge >= 0.3 is 6.03 Å². The van der Waals surface area contributed by atoms with Gasteiger partial charge in [-0.05, 0) is 49.8 Å².